The molecule has 0 spiro atoms. The minimum atomic E-state index is 0.293. The van der Waals surface area contributed by atoms with Crippen LogP contribution in [0.2, 0.25) is 0 Å². The van der Waals surface area contributed by atoms with Gasteiger partial charge in [0.15, 0.2) is 5.89 Å². The van der Waals surface area contributed by atoms with Gasteiger partial charge in [0.1, 0.15) is 5.76 Å². The monoisotopic (exact) mass is 278 g/mol. The molecule has 2 rings (SSSR count). The van der Waals surface area contributed by atoms with Crippen molar-refractivity contribution >= 4 is 0 Å². The second-order valence-corrected chi connectivity index (χ2v) is 6.66. The molecule has 0 saturated heterocycles. The summed E-state index contributed by atoms with van der Waals surface area (Å²) in [5, 5.41) is 3.47. The minimum Gasteiger partial charge on any atom is -0.445 e. The van der Waals surface area contributed by atoms with Crippen LogP contribution in [-0.2, 0) is 11.8 Å². The van der Waals surface area contributed by atoms with Gasteiger partial charge in [-0.2, -0.15) is 0 Å². The van der Waals surface area contributed by atoms with Gasteiger partial charge in [0.2, 0.25) is 0 Å². The summed E-state index contributed by atoms with van der Waals surface area (Å²) in [6.45, 7) is 8.90. The molecule has 0 amide bonds. The predicted octanol–water partition coefficient (Wildman–Crippen LogP) is 4.07. The molecular formula is C17H30N2O. The molecule has 0 aromatic carbocycles. The van der Waals surface area contributed by atoms with Gasteiger partial charge in [0, 0.05) is 11.8 Å². The van der Waals surface area contributed by atoms with E-state index in [1.165, 1.54) is 32.1 Å². The van der Waals surface area contributed by atoms with E-state index in [9.17, 15) is 0 Å². The van der Waals surface area contributed by atoms with E-state index in [-0.39, 0.29) is 0 Å². The summed E-state index contributed by atoms with van der Waals surface area (Å²) >= 11 is 0. The van der Waals surface area contributed by atoms with E-state index >= 15 is 0 Å². The Labute approximate surface area is 123 Å². The number of nitrogens with zero attached hydrogens (tertiary/aromatic N) is 1. The lowest BCUT2D eigenvalue weighted by molar-refractivity contribution is 0.315. The zero-order chi connectivity index (χ0) is 14.4. The minimum absolute atomic E-state index is 0.293. The molecule has 0 aliphatic heterocycles. The maximum absolute atomic E-state index is 6.05. The van der Waals surface area contributed by atoms with Crippen LogP contribution in [0.25, 0.3) is 0 Å². The number of hydrogen-bond acceptors (Lipinski definition) is 3. The number of aromatic nitrogens is 1. The van der Waals surface area contributed by atoms with Crippen LogP contribution in [0.5, 0.6) is 0 Å². The van der Waals surface area contributed by atoms with Gasteiger partial charge in [-0.1, -0.05) is 33.6 Å². The van der Waals surface area contributed by atoms with Crippen LogP contribution in [0.4, 0.5) is 0 Å². The molecule has 1 aromatic rings. The fraction of sp³-hybridized carbons (Fsp3) is 0.824. The second kappa shape index (κ2) is 7.26. The molecule has 1 aromatic heterocycles. The molecule has 3 heteroatoms. The largest absolute Gasteiger partial charge is 0.445 e. The molecule has 0 atom stereocenters. The van der Waals surface area contributed by atoms with Crippen LogP contribution in [0, 0.1) is 5.92 Å². The molecular weight excluding hydrogens is 248 g/mol. The highest BCUT2D eigenvalue weighted by Gasteiger charge is 2.37. The zero-order valence-corrected chi connectivity index (χ0v) is 13.4. The lowest BCUT2D eigenvalue weighted by Gasteiger charge is -2.23. The summed E-state index contributed by atoms with van der Waals surface area (Å²) in [6, 6.07) is 0. The molecule has 1 N–H and O–H groups in total. The van der Waals surface area contributed by atoms with E-state index in [2.05, 4.69) is 31.1 Å². The maximum atomic E-state index is 6.05. The topological polar surface area (TPSA) is 38.1 Å². The molecule has 1 heterocycles. The first kappa shape index (κ1) is 15.6. The van der Waals surface area contributed by atoms with Crippen molar-refractivity contribution in [2.75, 3.05) is 13.1 Å². The van der Waals surface area contributed by atoms with Crippen LogP contribution in [0.1, 0.15) is 70.9 Å². The van der Waals surface area contributed by atoms with Crippen molar-refractivity contribution < 1.29 is 4.42 Å². The summed E-state index contributed by atoms with van der Waals surface area (Å²) in [4.78, 5) is 4.49. The van der Waals surface area contributed by atoms with Gasteiger partial charge in [-0.15, -0.1) is 0 Å². The van der Waals surface area contributed by atoms with Crippen molar-refractivity contribution in [1.29, 1.82) is 0 Å². The highest BCUT2D eigenvalue weighted by atomic mass is 16.4. The zero-order valence-electron chi connectivity index (χ0n) is 13.4. The molecule has 20 heavy (non-hydrogen) atoms. The Kier molecular flexibility index (Phi) is 5.64. The van der Waals surface area contributed by atoms with Crippen molar-refractivity contribution in [2.24, 2.45) is 5.92 Å². The first-order valence-electron chi connectivity index (χ1n) is 8.32. The van der Waals surface area contributed by atoms with Crippen LogP contribution in [0.3, 0.4) is 0 Å². The standard InChI is InChI=1S/C17H30N2O/c1-4-17(9-5-6-10-17)15-13-19-16(20-15)8-7-11-18-12-14(2)3/h13-14,18H,4-12H2,1-3H3. The maximum Gasteiger partial charge on any atom is 0.194 e. The molecule has 0 unspecified atom stereocenters. The van der Waals surface area contributed by atoms with E-state index in [0.29, 0.717) is 5.41 Å². The first-order valence-corrected chi connectivity index (χ1v) is 8.32. The highest BCUT2D eigenvalue weighted by Crippen LogP contribution is 2.43. The number of hydrogen-bond donors (Lipinski definition) is 1. The number of nitrogens with one attached hydrogen (secondary N) is 1. The molecule has 0 bridgehead atoms. The van der Waals surface area contributed by atoms with Gasteiger partial charge < -0.3 is 9.73 Å². The third-order valence-electron chi connectivity index (χ3n) is 4.61. The Morgan fingerprint density at radius 1 is 1.35 bits per heavy atom. The normalized spacial score (nSPS) is 18.0. The van der Waals surface area contributed by atoms with Crippen LogP contribution in [-0.4, -0.2) is 18.1 Å². The first-order chi connectivity index (χ1) is 9.66. The van der Waals surface area contributed by atoms with Gasteiger partial charge in [0.25, 0.3) is 0 Å². The highest BCUT2D eigenvalue weighted by molar-refractivity contribution is 5.13. The van der Waals surface area contributed by atoms with Crippen LogP contribution >= 0.6 is 0 Å². The summed E-state index contributed by atoms with van der Waals surface area (Å²) in [7, 11) is 0. The van der Waals surface area contributed by atoms with E-state index in [1.54, 1.807) is 0 Å². The van der Waals surface area contributed by atoms with E-state index in [4.69, 9.17) is 4.42 Å². The van der Waals surface area contributed by atoms with Crippen molar-refractivity contribution in [2.45, 2.75) is 71.1 Å². The molecule has 0 radical (unpaired) electrons. The Morgan fingerprint density at radius 2 is 2.10 bits per heavy atom. The molecule has 1 aliphatic rings. The van der Waals surface area contributed by atoms with Crippen LogP contribution < -0.4 is 5.32 Å². The molecule has 114 valence electrons. The Hall–Kier alpha value is -0.830. The van der Waals surface area contributed by atoms with Crippen molar-refractivity contribution in [3.63, 3.8) is 0 Å². The van der Waals surface area contributed by atoms with Gasteiger partial charge >= 0.3 is 0 Å². The van der Waals surface area contributed by atoms with Gasteiger partial charge in [-0.3, -0.25) is 0 Å². The number of rotatable bonds is 8. The summed E-state index contributed by atoms with van der Waals surface area (Å²) in [5.74, 6) is 2.78. The summed E-state index contributed by atoms with van der Waals surface area (Å²) in [5.41, 5.74) is 0.293. The third-order valence-corrected chi connectivity index (χ3v) is 4.61. The van der Waals surface area contributed by atoms with E-state index < -0.39 is 0 Å². The predicted molar refractivity (Wildman–Crippen MR) is 83.0 cm³/mol. The average molecular weight is 278 g/mol. The molecule has 3 nitrogen and oxygen atoms in total. The Morgan fingerprint density at radius 3 is 2.75 bits per heavy atom. The average Bonchev–Trinajstić information content (AvgIpc) is 3.07. The van der Waals surface area contributed by atoms with Gasteiger partial charge in [-0.05, 0) is 44.7 Å². The van der Waals surface area contributed by atoms with E-state index in [0.717, 1.165) is 43.5 Å². The number of aryl methyl sites for hydroxylation is 1. The molecule has 1 fully saturated rings. The summed E-state index contributed by atoms with van der Waals surface area (Å²) in [6.07, 6.45) is 10.4. The van der Waals surface area contributed by atoms with E-state index in [1.807, 2.05) is 6.20 Å². The Bertz CT molecular complexity index is 391. The second-order valence-electron chi connectivity index (χ2n) is 6.66. The van der Waals surface area contributed by atoms with Crippen molar-refractivity contribution in [3.05, 3.63) is 17.8 Å². The summed E-state index contributed by atoms with van der Waals surface area (Å²) < 4.78 is 6.05. The Balaban J connectivity index is 1.80. The lowest BCUT2D eigenvalue weighted by Crippen LogP contribution is -2.21. The van der Waals surface area contributed by atoms with Crippen molar-refractivity contribution in [3.8, 4) is 0 Å². The molecule has 1 saturated carbocycles. The lowest BCUT2D eigenvalue weighted by atomic mass is 9.81. The fourth-order valence-electron chi connectivity index (χ4n) is 3.25. The SMILES string of the molecule is CCC1(c2cnc(CCCNCC(C)C)o2)CCCC1. The van der Waals surface area contributed by atoms with Gasteiger partial charge in [0.05, 0.1) is 6.20 Å². The molecule has 1 aliphatic carbocycles. The quantitative estimate of drug-likeness (QED) is 0.728. The number of oxazole rings is 1. The van der Waals surface area contributed by atoms with Crippen molar-refractivity contribution in [1.82, 2.24) is 10.3 Å². The van der Waals surface area contributed by atoms with Gasteiger partial charge in [-0.25, -0.2) is 4.98 Å². The smallest absolute Gasteiger partial charge is 0.194 e. The fourth-order valence-corrected chi connectivity index (χ4v) is 3.25. The third kappa shape index (κ3) is 3.85. The van der Waals surface area contributed by atoms with Crippen LogP contribution in [0.15, 0.2) is 10.6 Å².